The van der Waals surface area contributed by atoms with Crippen molar-refractivity contribution in [1.82, 2.24) is 15.0 Å². The summed E-state index contributed by atoms with van der Waals surface area (Å²) in [4.78, 5) is 12.6. The van der Waals surface area contributed by atoms with Gasteiger partial charge in [0.1, 0.15) is 0 Å². The molecule has 1 N–H and O–H groups in total. The molecule has 2 rings (SSSR count). The van der Waals surface area contributed by atoms with Crippen molar-refractivity contribution in [3.05, 3.63) is 46.1 Å². The summed E-state index contributed by atoms with van der Waals surface area (Å²) in [7, 11) is 0. The van der Waals surface area contributed by atoms with Crippen LogP contribution in [0.15, 0.2) is 36.8 Å². The average Bonchev–Trinajstić information content (AvgIpc) is 2.33. The lowest BCUT2D eigenvalue weighted by molar-refractivity contribution is 0.940. The maximum Gasteiger partial charge on any atom is 0.222 e. The number of nitrogens with zero attached hydrogens (tertiary/aromatic N) is 3. The fraction of sp³-hybridized carbons (Fsp3) is 0.182. The van der Waals surface area contributed by atoms with E-state index in [9.17, 15) is 0 Å². The standard InChI is InChI=1S/C11H11IN4/c12-9-7-15-11(16-8-9)14-6-4-10-3-1-2-5-13-10/h1-3,5,7-8H,4,6H2,(H,14,15,16). The molecule has 82 valence electrons. The Bertz CT molecular complexity index is 429. The highest BCUT2D eigenvalue weighted by Gasteiger charge is 1.96. The zero-order valence-electron chi connectivity index (χ0n) is 8.60. The number of halogens is 1. The Morgan fingerprint density at radius 2 is 1.94 bits per heavy atom. The fourth-order valence-electron chi connectivity index (χ4n) is 1.25. The van der Waals surface area contributed by atoms with Gasteiger partial charge in [-0.3, -0.25) is 4.98 Å². The minimum Gasteiger partial charge on any atom is -0.354 e. The van der Waals surface area contributed by atoms with Gasteiger partial charge in [0.25, 0.3) is 0 Å². The Hall–Kier alpha value is -1.24. The molecule has 0 unspecified atom stereocenters. The third-order valence-corrected chi connectivity index (χ3v) is 2.57. The van der Waals surface area contributed by atoms with Gasteiger partial charge in [-0.25, -0.2) is 9.97 Å². The Labute approximate surface area is 108 Å². The van der Waals surface area contributed by atoms with Gasteiger partial charge in [0.15, 0.2) is 0 Å². The Balaban J connectivity index is 1.82. The predicted octanol–water partition coefficient (Wildman–Crippen LogP) is 2.13. The van der Waals surface area contributed by atoms with Crippen molar-refractivity contribution in [3.8, 4) is 0 Å². The van der Waals surface area contributed by atoms with Gasteiger partial charge >= 0.3 is 0 Å². The van der Waals surface area contributed by atoms with Crippen LogP contribution in [0.4, 0.5) is 5.95 Å². The van der Waals surface area contributed by atoms with Crippen molar-refractivity contribution in [2.75, 3.05) is 11.9 Å². The molecule has 0 amide bonds. The zero-order chi connectivity index (χ0) is 11.2. The van der Waals surface area contributed by atoms with Crippen LogP contribution < -0.4 is 5.32 Å². The van der Waals surface area contributed by atoms with Gasteiger partial charge in [0.2, 0.25) is 5.95 Å². The summed E-state index contributed by atoms with van der Waals surface area (Å²) in [5.41, 5.74) is 1.07. The molecule has 0 fully saturated rings. The average molecular weight is 326 g/mol. The van der Waals surface area contributed by atoms with Gasteiger partial charge in [-0.2, -0.15) is 0 Å². The molecule has 0 bridgehead atoms. The Morgan fingerprint density at radius 3 is 2.62 bits per heavy atom. The van der Waals surface area contributed by atoms with E-state index in [0.717, 1.165) is 22.2 Å². The van der Waals surface area contributed by atoms with Crippen molar-refractivity contribution in [2.45, 2.75) is 6.42 Å². The summed E-state index contributed by atoms with van der Waals surface area (Å²) in [6.45, 7) is 0.789. The minimum atomic E-state index is 0.663. The maximum atomic E-state index is 4.24. The van der Waals surface area contributed by atoms with Crippen molar-refractivity contribution < 1.29 is 0 Å². The molecule has 4 nitrogen and oxygen atoms in total. The second-order valence-corrected chi connectivity index (χ2v) is 4.47. The minimum absolute atomic E-state index is 0.663. The van der Waals surface area contributed by atoms with Crippen molar-refractivity contribution in [2.24, 2.45) is 0 Å². The number of anilines is 1. The quantitative estimate of drug-likeness (QED) is 0.875. The number of aromatic nitrogens is 3. The lowest BCUT2D eigenvalue weighted by atomic mass is 10.3. The first-order chi connectivity index (χ1) is 7.84. The molecular weight excluding hydrogens is 315 g/mol. The predicted molar refractivity (Wildman–Crippen MR) is 71.2 cm³/mol. The Morgan fingerprint density at radius 1 is 1.12 bits per heavy atom. The first kappa shape index (κ1) is 11.3. The molecule has 0 spiro atoms. The Kier molecular flexibility index (Phi) is 4.03. The number of hydrogen-bond donors (Lipinski definition) is 1. The molecule has 5 heteroatoms. The summed E-state index contributed by atoms with van der Waals surface area (Å²) in [6.07, 6.45) is 6.25. The molecule has 16 heavy (non-hydrogen) atoms. The summed E-state index contributed by atoms with van der Waals surface area (Å²) >= 11 is 2.18. The number of nitrogens with one attached hydrogen (secondary N) is 1. The van der Waals surface area contributed by atoms with Crippen LogP contribution in [0.5, 0.6) is 0 Å². The third kappa shape index (κ3) is 3.41. The van der Waals surface area contributed by atoms with E-state index in [-0.39, 0.29) is 0 Å². The topological polar surface area (TPSA) is 50.7 Å². The van der Waals surface area contributed by atoms with E-state index in [2.05, 4.69) is 42.9 Å². The van der Waals surface area contributed by atoms with Crippen molar-refractivity contribution in [1.29, 1.82) is 0 Å². The van der Waals surface area contributed by atoms with Crippen LogP contribution in [0.2, 0.25) is 0 Å². The first-order valence-electron chi connectivity index (χ1n) is 4.96. The molecule has 0 saturated heterocycles. The monoisotopic (exact) mass is 326 g/mol. The molecule has 0 aromatic carbocycles. The van der Waals surface area contributed by atoms with Crippen LogP contribution in [0.1, 0.15) is 5.69 Å². The van der Waals surface area contributed by atoms with Gasteiger partial charge in [0, 0.05) is 40.8 Å². The molecule has 0 atom stereocenters. The summed E-state index contributed by atoms with van der Waals surface area (Å²) in [5, 5.41) is 3.15. The van der Waals surface area contributed by atoms with E-state index >= 15 is 0 Å². The first-order valence-corrected chi connectivity index (χ1v) is 6.04. The van der Waals surface area contributed by atoms with E-state index in [1.54, 1.807) is 18.6 Å². The number of hydrogen-bond acceptors (Lipinski definition) is 4. The van der Waals surface area contributed by atoms with Gasteiger partial charge < -0.3 is 5.32 Å². The second kappa shape index (κ2) is 5.74. The molecule has 2 aromatic heterocycles. The molecule has 0 aliphatic heterocycles. The summed E-state index contributed by atoms with van der Waals surface area (Å²) < 4.78 is 1.04. The van der Waals surface area contributed by atoms with E-state index in [4.69, 9.17) is 0 Å². The van der Waals surface area contributed by atoms with Gasteiger partial charge in [-0.15, -0.1) is 0 Å². The van der Waals surface area contributed by atoms with E-state index in [1.165, 1.54) is 0 Å². The molecule has 0 aliphatic rings. The highest BCUT2D eigenvalue weighted by molar-refractivity contribution is 14.1. The van der Waals surface area contributed by atoms with E-state index in [0.29, 0.717) is 5.95 Å². The van der Waals surface area contributed by atoms with Crippen LogP contribution >= 0.6 is 22.6 Å². The van der Waals surface area contributed by atoms with Crippen LogP contribution in [-0.4, -0.2) is 21.5 Å². The van der Waals surface area contributed by atoms with Gasteiger partial charge in [-0.05, 0) is 34.7 Å². The largest absolute Gasteiger partial charge is 0.354 e. The van der Waals surface area contributed by atoms with Crippen molar-refractivity contribution in [3.63, 3.8) is 0 Å². The highest BCUT2D eigenvalue weighted by Crippen LogP contribution is 2.03. The lowest BCUT2D eigenvalue weighted by Crippen LogP contribution is -2.08. The summed E-state index contributed by atoms with van der Waals surface area (Å²) in [5.74, 6) is 0.663. The van der Waals surface area contributed by atoms with E-state index in [1.807, 2.05) is 18.2 Å². The van der Waals surface area contributed by atoms with Crippen LogP contribution in [0.3, 0.4) is 0 Å². The van der Waals surface area contributed by atoms with Crippen LogP contribution in [0.25, 0.3) is 0 Å². The normalized spacial score (nSPS) is 10.1. The third-order valence-electron chi connectivity index (χ3n) is 2.01. The zero-order valence-corrected chi connectivity index (χ0v) is 10.8. The molecule has 2 aromatic rings. The smallest absolute Gasteiger partial charge is 0.222 e. The van der Waals surface area contributed by atoms with E-state index < -0.39 is 0 Å². The van der Waals surface area contributed by atoms with Crippen molar-refractivity contribution >= 4 is 28.5 Å². The second-order valence-electron chi connectivity index (χ2n) is 3.22. The summed E-state index contributed by atoms with van der Waals surface area (Å²) in [6, 6.07) is 5.92. The van der Waals surface area contributed by atoms with Crippen LogP contribution in [0, 0.1) is 3.57 Å². The molecular formula is C11H11IN4. The van der Waals surface area contributed by atoms with Gasteiger partial charge in [-0.1, -0.05) is 6.07 Å². The van der Waals surface area contributed by atoms with Gasteiger partial charge in [0.05, 0.1) is 0 Å². The maximum absolute atomic E-state index is 4.24. The molecule has 0 aliphatic carbocycles. The van der Waals surface area contributed by atoms with Crippen LogP contribution in [-0.2, 0) is 6.42 Å². The number of pyridine rings is 1. The SMILES string of the molecule is Ic1cnc(NCCc2ccccn2)nc1. The molecule has 2 heterocycles. The fourth-order valence-corrected chi connectivity index (χ4v) is 1.53. The molecule has 0 saturated carbocycles. The number of rotatable bonds is 4. The lowest BCUT2D eigenvalue weighted by Gasteiger charge is -2.03. The highest BCUT2D eigenvalue weighted by atomic mass is 127. The molecule has 0 radical (unpaired) electrons.